The third kappa shape index (κ3) is 5.11. The summed E-state index contributed by atoms with van der Waals surface area (Å²) in [4.78, 5) is 29.8. The van der Waals surface area contributed by atoms with E-state index in [1.54, 1.807) is 9.80 Å². The molecule has 0 radical (unpaired) electrons. The zero-order chi connectivity index (χ0) is 25.1. The molecule has 8 nitrogen and oxygen atoms in total. The fourth-order valence-electron chi connectivity index (χ4n) is 4.87. The number of nitrogens with one attached hydrogen (secondary N) is 1. The molecular weight excluding hydrogens is 461 g/mol. The molecule has 1 atom stereocenters. The van der Waals surface area contributed by atoms with Gasteiger partial charge in [0.1, 0.15) is 5.82 Å². The number of aromatic nitrogens is 2. The Morgan fingerprint density at radius 1 is 1.17 bits per heavy atom. The number of benzene rings is 2. The lowest BCUT2D eigenvalue weighted by molar-refractivity contribution is 0.0984. The molecule has 36 heavy (non-hydrogen) atoms. The third-order valence-corrected chi connectivity index (χ3v) is 6.83. The van der Waals surface area contributed by atoms with Crippen molar-refractivity contribution in [3.05, 3.63) is 82.9 Å². The van der Waals surface area contributed by atoms with Crippen molar-refractivity contribution in [1.82, 2.24) is 20.0 Å². The minimum Gasteiger partial charge on any atom is -0.376 e. The maximum Gasteiger partial charge on any atom is 0.317 e. The van der Waals surface area contributed by atoms with Crippen LogP contribution in [0.3, 0.4) is 0 Å². The van der Waals surface area contributed by atoms with Crippen LogP contribution in [0.5, 0.6) is 0 Å². The lowest BCUT2D eigenvalue weighted by Gasteiger charge is -2.29. The van der Waals surface area contributed by atoms with Crippen molar-refractivity contribution in [2.24, 2.45) is 7.05 Å². The van der Waals surface area contributed by atoms with Gasteiger partial charge in [-0.05, 0) is 49.2 Å². The van der Waals surface area contributed by atoms with Gasteiger partial charge in [-0.2, -0.15) is 5.10 Å². The van der Waals surface area contributed by atoms with Gasteiger partial charge in [0.2, 0.25) is 0 Å². The molecule has 3 heterocycles. The second kappa shape index (κ2) is 10.5. The van der Waals surface area contributed by atoms with E-state index in [1.165, 1.54) is 24.3 Å². The number of hydrogen-bond donors (Lipinski definition) is 1. The summed E-state index contributed by atoms with van der Waals surface area (Å²) >= 11 is 0. The second-order valence-corrected chi connectivity index (χ2v) is 9.22. The first-order valence-electron chi connectivity index (χ1n) is 12.3. The first kappa shape index (κ1) is 24.0. The number of para-hydroxylation sites is 1. The average molecular weight is 492 g/mol. The lowest BCUT2D eigenvalue weighted by atomic mass is 10.0. The molecule has 9 heteroatoms. The highest BCUT2D eigenvalue weighted by molar-refractivity contribution is 6.06. The quantitative estimate of drug-likeness (QED) is 0.571. The van der Waals surface area contributed by atoms with E-state index in [1.807, 2.05) is 42.1 Å². The number of carbonyl (C=O) groups excluding carboxylic acids is 2. The highest BCUT2D eigenvalue weighted by Gasteiger charge is 2.29. The molecule has 3 amide bonds. The Morgan fingerprint density at radius 2 is 1.94 bits per heavy atom. The molecule has 2 aliphatic heterocycles. The smallest absolute Gasteiger partial charge is 0.317 e. The molecule has 0 bridgehead atoms. The van der Waals surface area contributed by atoms with Crippen molar-refractivity contribution >= 4 is 17.6 Å². The molecule has 0 spiro atoms. The van der Waals surface area contributed by atoms with Gasteiger partial charge in [0.25, 0.3) is 5.91 Å². The van der Waals surface area contributed by atoms with E-state index in [2.05, 4.69) is 5.32 Å². The summed E-state index contributed by atoms with van der Waals surface area (Å²) in [6.45, 7) is 2.51. The van der Waals surface area contributed by atoms with Crippen LogP contribution in [0.15, 0.2) is 54.6 Å². The number of fused-ring (bicyclic) bond motifs is 1. The highest BCUT2D eigenvalue weighted by Crippen LogP contribution is 2.26. The summed E-state index contributed by atoms with van der Waals surface area (Å²) < 4.78 is 20.9. The summed E-state index contributed by atoms with van der Waals surface area (Å²) in [5.74, 6) is -0.642. The molecule has 1 aromatic heterocycles. The van der Waals surface area contributed by atoms with Crippen molar-refractivity contribution in [1.29, 1.82) is 0 Å². The number of aryl methyl sites for hydroxylation is 1. The molecule has 2 aromatic carbocycles. The highest BCUT2D eigenvalue weighted by atomic mass is 19.1. The molecule has 0 aliphatic carbocycles. The number of anilines is 1. The Hall–Kier alpha value is -3.72. The maximum absolute atomic E-state index is 13.5. The van der Waals surface area contributed by atoms with Crippen molar-refractivity contribution in [2.45, 2.75) is 38.5 Å². The van der Waals surface area contributed by atoms with Crippen molar-refractivity contribution in [3.8, 4) is 0 Å². The number of ether oxygens (including phenoxy) is 1. The van der Waals surface area contributed by atoms with Gasteiger partial charge in [0, 0.05) is 55.7 Å². The van der Waals surface area contributed by atoms with Gasteiger partial charge >= 0.3 is 6.03 Å². The fraction of sp³-hybridized carbons (Fsp3) is 0.370. The Kier molecular flexibility index (Phi) is 6.99. The Balaban J connectivity index is 1.37. The summed E-state index contributed by atoms with van der Waals surface area (Å²) in [6, 6.07) is 14.8. The predicted molar refractivity (Wildman–Crippen MR) is 133 cm³/mol. The van der Waals surface area contributed by atoms with Crippen molar-refractivity contribution in [3.63, 3.8) is 0 Å². The molecular formula is C27H30FN5O3. The van der Waals surface area contributed by atoms with Crippen LogP contribution in [0.2, 0.25) is 0 Å². The van der Waals surface area contributed by atoms with Gasteiger partial charge in [-0.15, -0.1) is 0 Å². The van der Waals surface area contributed by atoms with E-state index < -0.39 is 5.82 Å². The van der Waals surface area contributed by atoms with Crippen LogP contribution in [0, 0.1) is 5.82 Å². The lowest BCUT2D eigenvalue weighted by Crippen LogP contribution is -2.45. The van der Waals surface area contributed by atoms with E-state index in [0.717, 1.165) is 36.4 Å². The fourth-order valence-corrected chi connectivity index (χ4v) is 4.87. The van der Waals surface area contributed by atoms with Crippen LogP contribution in [0.4, 0.5) is 14.9 Å². The molecule has 2 aliphatic rings. The molecule has 0 saturated carbocycles. The predicted octanol–water partition coefficient (Wildman–Crippen LogP) is 3.65. The topological polar surface area (TPSA) is 79.7 Å². The van der Waals surface area contributed by atoms with Gasteiger partial charge in [0.05, 0.1) is 24.9 Å². The molecule has 1 saturated heterocycles. The van der Waals surface area contributed by atoms with E-state index in [9.17, 15) is 14.0 Å². The summed E-state index contributed by atoms with van der Waals surface area (Å²) in [5.41, 5.74) is 3.87. The maximum atomic E-state index is 13.5. The first-order chi connectivity index (χ1) is 17.5. The van der Waals surface area contributed by atoms with Crippen LogP contribution in [0.1, 0.15) is 40.2 Å². The minimum absolute atomic E-state index is 0.0835. The van der Waals surface area contributed by atoms with Gasteiger partial charge in [-0.1, -0.05) is 18.2 Å². The molecule has 3 aromatic rings. The Bertz CT molecular complexity index is 1220. The van der Waals surface area contributed by atoms with E-state index >= 15 is 0 Å². The van der Waals surface area contributed by atoms with Gasteiger partial charge in [-0.3, -0.25) is 9.48 Å². The largest absolute Gasteiger partial charge is 0.376 e. The number of urea groups is 1. The van der Waals surface area contributed by atoms with Crippen LogP contribution in [-0.2, 0) is 31.3 Å². The number of nitrogens with zero attached hydrogens (tertiary/aromatic N) is 4. The molecule has 5 rings (SSSR count). The second-order valence-electron chi connectivity index (χ2n) is 9.22. The van der Waals surface area contributed by atoms with Crippen LogP contribution >= 0.6 is 0 Å². The molecule has 0 unspecified atom stereocenters. The number of rotatable bonds is 6. The van der Waals surface area contributed by atoms with E-state index in [4.69, 9.17) is 9.84 Å². The minimum atomic E-state index is -0.394. The normalized spacial score (nSPS) is 17.1. The van der Waals surface area contributed by atoms with Gasteiger partial charge in [0.15, 0.2) is 0 Å². The SMILES string of the molecule is Cn1nc(CN(C(=O)c2ccc(F)cc2)c2ccccc2)c2c1CCN(C(=O)NC[C@@H]1CCCO1)C2. The van der Waals surface area contributed by atoms with Crippen LogP contribution in [-0.4, -0.2) is 52.4 Å². The third-order valence-electron chi connectivity index (χ3n) is 6.83. The molecule has 1 fully saturated rings. The summed E-state index contributed by atoms with van der Waals surface area (Å²) in [7, 11) is 1.89. The Morgan fingerprint density at radius 3 is 2.67 bits per heavy atom. The number of hydrogen-bond acceptors (Lipinski definition) is 4. The first-order valence-corrected chi connectivity index (χ1v) is 12.3. The van der Waals surface area contributed by atoms with E-state index in [-0.39, 0.29) is 24.6 Å². The van der Waals surface area contributed by atoms with E-state index in [0.29, 0.717) is 37.3 Å². The number of amides is 3. The van der Waals surface area contributed by atoms with Crippen LogP contribution in [0.25, 0.3) is 0 Å². The monoisotopic (exact) mass is 491 g/mol. The van der Waals surface area contributed by atoms with Crippen molar-refractivity contribution in [2.75, 3.05) is 24.6 Å². The molecule has 1 N–H and O–H groups in total. The average Bonchev–Trinajstić information content (AvgIpc) is 3.54. The van der Waals surface area contributed by atoms with Crippen LogP contribution < -0.4 is 10.2 Å². The summed E-state index contributed by atoms with van der Waals surface area (Å²) in [5, 5.41) is 7.74. The standard InChI is InChI=1S/C27H30FN5O3/c1-31-25-13-14-32(27(35)29-16-22-8-5-15-36-22)17-23(25)24(30-31)18-33(21-6-3-2-4-7-21)26(34)19-9-11-20(28)12-10-19/h2-4,6-7,9-12,22H,5,8,13-18H2,1H3,(H,29,35)/t22-/m0/s1. The Labute approximate surface area is 209 Å². The van der Waals surface area contributed by atoms with Crippen molar-refractivity contribution < 1.29 is 18.7 Å². The zero-order valence-corrected chi connectivity index (χ0v) is 20.3. The molecule has 188 valence electrons. The van der Waals surface area contributed by atoms with Gasteiger partial charge < -0.3 is 19.9 Å². The summed E-state index contributed by atoms with van der Waals surface area (Å²) in [6.07, 6.45) is 2.76. The zero-order valence-electron chi connectivity index (χ0n) is 20.3. The number of carbonyl (C=O) groups is 2. The van der Waals surface area contributed by atoms with Gasteiger partial charge in [-0.25, -0.2) is 9.18 Å². The number of halogens is 1.